The molecule has 1 fully saturated rings. The third-order valence-corrected chi connectivity index (χ3v) is 4.63. The van der Waals surface area contributed by atoms with Gasteiger partial charge in [-0.1, -0.05) is 13.0 Å². The first kappa shape index (κ1) is 17.9. The first-order valence-corrected chi connectivity index (χ1v) is 8.58. The molecule has 0 bridgehead atoms. The Bertz CT molecular complexity index is 461. The Balaban J connectivity index is 1.92. The molecular formula is C18H29N3O2. The maximum Gasteiger partial charge on any atom is 0.223 e. The van der Waals surface area contributed by atoms with Crippen molar-refractivity contribution in [1.82, 2.24) is 15.2 Å². The van der Waals surface area contributed by atoms with E-state index in [0.29, 0.717) is 38.0 Å². The van der Waals surface area contributed by atoms with Gasteiger partial charge in [0.2, 0.25) is 5.91 Å². The van der Waals surface area contributed by atoms with Crippen LogP contribution < -0.4 is 5.32 Å². The molecule has 2 rings (SSSR count). The van der Waals surface area contributed by atoms with E-state index in [0.717, 1.165) is 18.8 Å². The minimum Gasteiger partial charge on any atom is -0.383 e. The lowest BCUT2D eigenvalue weighted by Crippen LogP contribution is -2.38. The van der Waals surface area contributed by atoms with Gasteiger partial charge in [0.25, 0.3) is 0 Å². The van der Waals surface area contributed by atoms with Gasteiger partial charge in [-0.2, -0.15) is 0 Å². The van der Waals surface area contributed by atoms with Crippen LogP contribution >= 0.6 is 0 Å². The highest BCUT2D eigenvalue weighted by molar-refractivity contribution is 5.76. The predicted molar refractivity (Wildman–Crippen MR) is 90.9 cm³/mol. The second-order valence-corrected chi connectivity index (χ2v) is 6.42. The SMILES string of the molecule is COCCN(Cc1ccccn1)C(=O)CC(C)C1CCCNC1. The average molecular weight is 319 g/mol. The van der Waals surface area contributed by atoms with Crippen molar-refractivity contribution in [2.75, 3.05) is 33.4 Å². The molecule has 1 aliphatic rings. The van der Waals surface area contributed by atoms with Crippen molar-refractivity contribution in [3.63, 3.8) is 0 Å². The highest BCUT2D eigenvalue weighted by atomic mass is 16.5. The maximum atomic E-state index is 12.7. The zero-order chi connectivity index (χ0) is 16.5. The quantitative estimate of drug-likeness (QED) is 0.797. The van der Waals surface area contributed by atoms with Gasteiger partial charge in [-0.15, -0.1) is 0 Å². The number of pyridine rings is 1. The summed E-state index contributed by atoms with van der Waals surface area (Å²) < 4.78 is 5.16. The van der Waals surface area contributed by atoms with E-state index in [4.69, 9.17) is 4.74 Å². The number of amides is 1. The molecule has 1 amide bonds. The molecule has 0 spiro atoms. The number of piperidine rings is 1. The molecule has 5 heteroatoms. The summed E-state index contributed by atoms with van der Waals surface area (Å²) in [4.78, 5) is 18.9. The fourth-order valence-corrected chi connectivity index (χ4v) is 3.12. The van der Waals surface area contributed by atoms with Gasteiger partial charge in [-0.05, 0) is 49.9 Å². The highest BCUT2D eigenvalue weighted by Crippen LogP contribution is 2.23. The number of aromatic nitrogens is 1. The Hall–Kier alpha value is -1.46. The average Bonchev–Trinajstić information content (AvgIpc) is 2.60. The van der Waals surface area contributed by atoms with Crippen LogP contribution in [0.15, 0.2) is 24.4 Å². The number of carbonyl (C=O) groups excluding carboxylic acids is 1. The molecule has 0 aliphatic carbocycles. The molecule has 5 nitrogen and oxygen atoms in total. The van der Waals surface area contributed by atoms with E-state index in [-0.39, 0.29) is 5.91 Å². The molecule has 0 radical (unpaired) electrons. The number of hydrogen-bond donors (Lipinski definition) is 1. The topological polar surface area (TPSA) is 54.5 Å². The Morgan fingerprint density at radius 1 is 1.52 bits per heavy atom. The van der Waals surface area contributed by atoms with Gasteiger partial charge in [-0.25, -0.2) is 0 Å². The summed E-state index contributed by atoms with van der Waals surface area (Å²) in [6.07, 6.45) is 4.80. The minimum atomic E-state index is 0.200. The highest BCUT2D eigenvalue weighted by Gasteiger charge is 2.24. The molecular weight excluding hydrogens is 290 g/mol. The zero-order valence-electron chi connectivity index (χ0n) is 14.3. The third kappa shape index (κ3) is 5.92. The Kier molecular flexibility index (Phi) is 7.49. The number of hydrogen-bond acceptors (Lipinski definition) is 4. The molecule has 1 N–H and O–H groups in total. The van der Waals surface area contributed by atoms with Crippen molar-refractivity contribution in [3.05, 3.63) is 30.1 Å². The van der Waals surface area contributed by atoms with Gasteiger partial charge < -0.3 is 15.0 Å². The summed E-state index contributed by atoms with van der Waals surface area (Å²) in [5.41, 5.74) is 0.920. The van der Waals surface area contributed by atoms with Gasteiger partial charge in [0.05, 0.1) is 18.8 Å². The molecule has 2 unspecified atom stereocenters. The summed E-state index contributed by atoms with van der Waals surface area (Å²) in [6, 6.07) is 5.81. The van der Waals surface area contributed by atoms with E-state index >= 15 is 0 Å². The molecule has 23 heavy (non-hydrogen) atoms. The Labute approximate surface area is 139 Å². The Morgan fingerprint density at radius 3 is 3.04 bits per heavy atom. The summed E-state index contributed by atoms with van der Waals surface area (Å²) in [5.74, 6) is 1.21. The summed E-state index contributed by atoms with van der Waals surface area (Å²) >= 11 is 0. The normalized spacial score (nSPS) is 19.3. The monoisotopic (exact) mass is 319 g/mol. The minimum absolute atomic E-state index is 0.200. The van der Waals surface area contributed by atoms with Gasteiger partial charge in [0.15, 0.2) is 0 Å². The first-order valence-electron chi connectivity index (χ1n) is 8.58. The standard InChI is InChI=1S/C18H29N3O2/c1-15(16-6-5-8-19-13-16)12-18(22)21(10-11-23-2)14-17-7-3-4-9-20-17/h3-4,7,9,15-16,19H,5-6,8,10-14H2,1-2H3. The van der Waals surface area contributed by atoms with Crippen LogP contribution in [0.25, 0.3) is 0 Å². The summed E-state index contributed by atoms with van der Waals surface area (Å²) in [7, 11) is 1.67. The fraction of sp³-hybridized carbons (Fsp3) is 0.667. The molecule has 1 aromatic rings. The molecule has 2 heterocycles. The van der Waals surface area contributed by atoms with E-state index in [1.807, 2.05) is 23.1 Å². The number of rotatable bonds is 8. The molecule has 1 aliphatic heterocycles. The van der Waals surface area contributed by atoms with Crippen molar-refractivity contribution in [2.24, 2.45) is 11.8 Å². The van der Waals surface area contributed by atoms with Crippen LogP contribution in [0, 0.1) is 11.8 Å². The number of ether oxygens (including phenoxy) is 1. The van der Waals surface area contributed by atoms with Crippen LogP contribution in [-0.2, 0) is 16.1 Å². The van der Waals surface area contributed by atoms with E-state index in [9.17, 15) is 4.79 Å². The fourth-order valence-electron chi connectivity index (χ4n) is 3.12. The van der Waals surface area contributed by atoms with Crippen LogP contribution in [0.1, 0.15) is 31.9 Å². The van der Waals surface area contributed by atoms with Crippen molar-refractivity contribution in [1.29, 1.82) is 0 Å². The summed E-state index contributed by atoms with van der Waals surface area (Å²) in [5, 5.41) is 3.44. The van der Waals surface area contributed by atoms with Crippen molar-refractivity contribution < 1.29 is 9.53 Å². The summed E-state index contributed by atoms with van der Waals surface area (Å²) in [6.45, 7) is 6.06. The maximum absolute atomic E-state index is 12.7. The molecule has 1 saturated heterocycles. The lowest BCUT2D eigenvalue weighted by Gasteiger charge is -2.30. The first-order chi connectivity index (χ1) is 11.2. The largest absolute Gasteiger partial charge is 0.383 e. The number of nitrogens with one attached hydrogen (secondary N) is 1. The third-order valence-electron chi connectivity index (χ3n) is 4.63. The van der Waals surface area contributed by atoms with Crippen LogP contribution in [0.5, 0.6) is 0 Å². The van der Waals surface area contributed by atoms with Crippen molar-refractivity contribution >= 4 is 5.91 Å². The van der Waals surface area contributed by atoms with E-state index in [1.165, 1.54) is 12.8 Å². The van der Waals surface area contributed by atoms with Gasteiger partial charge in [-0.3, -0.25) is 9.78 Å². The van der Waals surface area contributed by atoms with Gasteiger partial charge in [0, 0.05) is 26.3 Å². The zero-order valence-corrected chi connectivity index (χ0v) is 14.3. The Morgan fingerprint density at radius 2 is 2.39 bits per heavy atom. The van der Waals surface area contributed by atoms with E-state index in [1.54, 1.807) is 13.3 Å². The molecule has 2 atom stereocenters. The van der Waals surface area contributed by atoms with Crippen LogP contribution in [0.4, 0.5) is 0 Å². The van der Waals surface area contributed by atoms with Crippen LogP contribution in [0.2, 0.25) is 0 Å². The number of methoxy groups -OCH3 is 1. The van der Waals surface area contributed by atoms with Crippen molar-refractivity contribution in [2.45, 2.75) is 32.7 Å². The van der Waals surface area contributed by atoms with E-state index in [2.05, 4.69) is 17.2 Å². The molecule has 128 valence electrons. The van der Waals surface area contributed by atoms with E-state index < -0.39 is 0 Å². The molecule has 0 saturated carbocycles. The van der Waals surface area contributed by atoms with Crippen molar-refractivity contribution in [3.8, 4) is 0 Å². The lowest BCUT2D eigenvalue weighted by molar-refractivity contribution is -0.133. The van der Waals surface area contributed by atoms with Crippen LogP contribution in [-0.4, -0.2) is 49.1 Å². The van der Waals surface area contributed by atoms with Gasteiger partial charge >= 0.3 is 0 Å². The number of carbonyl (C=O) groups is 1. The van der Waals surface area contributed by atoms with Crippen LogP contribution in [0.3, 0.4) is 0 Å². The smallest absolute Gasteiger partial charge is 0.223 e. The number of nitrogens with zero attached hydrogens (tertiary/aromatic N) is 2. The predicted octanol–water partition coefficient (Wildman–Crippen LogP) is 2.08. The second-order valence-electron chi connectivity index (χ2n) is 6.42. The lowest BCUT2D eigenvalue weighted by atomic mass is 9.85. The van der Waals surface area contributed by atoms with Gasteiger partial charge in [0.1, 0.15) is 0 Å². The molecule has 0 aromatic carbocycles. The molecule has 1 aromatic heterocycles. The second kappa shape index (κ2) is 9.63.